The molecule has 0 aliphatic carbocycles. The van der Waals surface area contributed by atoms with Gasteiger partial charge in [-0.15, -0.1) is 5.10 Å². The van der Waals surface area contributed by atoms with Crippen molar-refractivity contribution in [3.8, 4) is 0 Å². The average molecular weight is 126 g/mol. The SMILES string of the molecule is O.O=Cc1cccnn1. The highest BCUT2D eigenvalue weighted by Crippen LogP contribution is 1.81. The highest BCUT2D eigenvalue weighted by atomic mass is 16.1. The molecule has 9 heavy (non-hydrogen) atoms. The number of carbonyl (C=O) groups excluding carboxylic acids is 1. The molecule has 0 unspecified atom stereocenters. The average Bonchev–Trinajstić information content (AvgIpc) is 1.90. The summed E-state index contributed by atoms with van der Waals surface area (Å²) in [6, 6.07) is 3.26. The molecular formula is C5H6N2O2. The number of hydrogen-bond donors (Lipinski definition) is 0. The second-order valence-electron chi connectivity index (χ2n) is 1.27. The van der Waals surface area contributed by atoms with Crippen LogP contribution in [0.4, 0.5) is 0 Å². The molecule has 1 heterocycles. The van der Waals surface area contributed by atoms with E-state index in [9.17, 15) is 4.79 Å². The van der Waals surface area contributed by atoms with Gasteiger partial charge in [0.2, 0.25) is 0 Å². The molecule has 1 aromatic rings. The van der Waals surface area contributed by atoms with Crippen LogP contribution in [-0.2, 0) is 0 Å². The molecule has 48 valence electrons. The van der Waals surface area contributed by atoms with Crippen LogP contribution in [0, 0.1) is 0 Å². The molecule has 0 amide bonds. The molecule has 0 saturated carbocycles. The number of hydrogen-bond acceptors (Lipinski definition) is 3. The van der Waals surface area contributed by atoms with Gasteiger partial charge in [0, 0.05) is 6.20 Å². The topological polar surface area (TPSA) is 74.3 Å². The number of carbonyl (C=O) groups is 1. The molecule has 4 nitrogen and oxygen atoms in total. The summed E-state index contributed by atoms with van der Waals surface area (Å²) in [5, 5.41) is 6.95. The largest absolute Gasteiger partial charge is 0.412 e. The van der Waals surface area contributed by atoms with Crippen molar-refractivity contribution in [1.29, 1.82) is 0 Å². The molecular weight excluding hydrogens is 120 g/mol. The summed E-state index contributed by atoms with van der Waals surface area (Å²) in [6.45, 7) is 0. The smallest absolute Gasteiger partial charge is 0.170 e. The van der Waals surface area contributed by atoms with Crippen molar-refractivity contribution < 1.29 is 10.3 Å². The summed E-state index contributed by atoms with van der Waals surface area (Å²) < 4.78 is 0. The zero-order valence-electron chi connectivity index (χ0n) is 4.61. The predicted octanol–water partition coefficient (Wildman–Crippen LogP) is -0.536. The summed E-state index contributed by atoms with van der Waals surface area (Å²) in [7, 11) is 0. The van der Waals surface area contributed by atoms with Crippen molar-refractivity contribution in [3.63, 3.8) is 0 Å². The molecule has 2 N–H and O–H groups in total. The van der Waals surface area contributed by atoms with Crippen LogP contribution >= 0.6 is 0 Å². The van der Waals surface area contributed by atoms with E-state index in [4.69, 9.17) is 0 Å². The minimum absolute atomic E-state index is 0. The van der Waals surface area contributed by atoms with E-state index in [-0.39, 0.29) is 5.48 Å². The van der Waals surface area contributed by atoms with Gasteiger partial charge in [0.15, 0.2) is 6.29 Å². The van der Waals surface area contributed by atoms with E-state index >= 15 is 0 Å². The van der Waals surface area contributed by atoms with Gasteiger partial charge in [0.05, 0.1) is 0 Å². The molecule has 0 radical (unpaired) electrons. The fraction of sp³-hybridized carbons (Fsp3) is 0. The van der Waals surface area contributed by atoms with Crippen molar-refractivity contribution >= 4 is 6.29 Å². The van der Waals surface area contributed by atoms with E-state index in [0.29, 0.717) is 12.0 Å². The summed E-state index contributed by atoms with van der Waals surface area (Å²) in [5.74, 6) is 0. The van der Waals surface area contributed by atoms with Gasteiger partial charge in [0.25, 0.3) is 0 Å². The number of aromatic nitrogens is 2. The maximum atomic E-state index is 9.90. The molecule has 0 atom stereocenters. The van der Waals surface area contributed by atoms with E-state index in [1.54, 1.807) is 12.1 Å². The lowest BCUT2D eigenvalue weighted by Gasteiger charge is -1.80. The molecule has 0 spiro atoms. The summed E-state index contributed by atoms with van der Waals surface area (Å²) in [4.78, 5) is 9.90. The van der Waals surface area contributed by atoms with Gasteiger partial charge in [-0.2, -0.15) is 5.10 Å². The first kappa shape index (κ1) is 7.71. The molecule has 4 heteroatoms. The highest BCUT2D eigenvalue weighted by Gasteiger charge is 1.83. The first-order valence-corrected chi connectivity index (χ1v) is 2.16. The molecule has 0 aliphatic rings. The first-order chi connectivity index (χ1) is 3.93. The second-order valence-corrected chi connectivity index (χ2v) is 1.27. The van der Waals surface area contributed by atoms with Crippen LogP contribution in [0.3, 0.4) is 0 Å². The minimum atomic E-state index is 0. The lowest BCUT2D eigenvalue weighted by atomic mass is 10.4. The van der Waals surface area contributed by atoms with E-state index in [1.807, 2.05) is 0 Å². The molecule has 1 rings (SSSR count). The number of nitrogens with zero attached hydrogens (tertiary/aromatic N) is 2. The van der Waals surface area contributed by atoms with E-state index < -0.39 is 0 Å². The number of rotatable bonds is 1. The summed E-state index contributed by atoms with van der Waals surface area (Å²) in [5.41, 5.74) is 0.368. The van der Waals surface area contributed by atoms with Crippen molar-refractivity contribution in [3.05, 3.63) is 24.0 Å². The molecule has 1 aromatic heterocycles. The van der Waals surface area contributed by atoms with Crippen LogP contribution in [0.2, 0.25) is 0 Å². The third-order valence-electron chi connectivity index (χ3n) is 0.714. The van der Waals surface area contributed by atoms with Crippen molar-refractivity contribution in [2.45, 2.75) is 0 Å². The van der Waals surface area contributed by atoms with Gasteiger partial charge < -0.3 is 5.48 Å². The van der Waals surface area contributed by atoms with Gasteiger partial charge >= 0.3 is 0 Å². The van der Waals surface area contributed by atoms with Crippen LogP contribution in [0.25, 0.3) is 0 Å². The third kappa shape index (κ3) is 1.96. The number of aldehydes is 1. The Kier molecular flexibility index (Phi) is 3.15. The van der Waals surface area contributed by atoms with Crippen LogP contribution in [-0.4, -0.2) is 22.0 Å². The van der Waals surface area contributed by atoms with E-state index in [2.05, 4.69) is 10.2 Å². The van der Waals surface area contributed by atoms with E-state index in [0.717, 1.165) is 0 Å². The standard InChI is InChI=1S/C5H4N2O.H2O/c8-4-5-2-1-3-6-7-5;/h1-4H;1H2. The third-order valence-corrected chi connectivity index (χ3v) is 0.714. The van der Waals surface area contributed by atoms with Gasteiger partial charge in [-0.05, 0) is 12.1 Å². The van der Waals surface area contributed by atoms with Gasteiger partial charge in [-0.1, -0.05) is 0 Å². The van der Waals surface area contributed by atoms with Crippen LogP contribution in [0.1, 0.15) is 10.5 Å². The quantitative estimate of drug-likeness (QED) is 0.474. The van der Waals surface area contributed by atoms with Crippen molar-refractivity contribution in [2.75, 3.05) is 0 Å². The van der Waals surface area contributed by atoms with Crippen LogP contribution < -0.4 is 0 Å². The Bertz CT molecular complexity index is 176. The molecule has 0 aliphatic heterocycles. The Balaban J connectivity index is 0.000000640. The maximum absolute atomic E-state index is 9.90. The Hall–Kier alpha value is -1.29. The normalized spacial score (nSPS) is 7.56. The second kappa shape index (κ2) is 3.68. The van der Waals surface area contributed by atoms with Crippen molar-refractivity contribution in [1.82, 2.24) is 10.2 Å². The highest BCUT2D eigenvalue weighted by molar-refractivity contribution is 5.70. The van der Waals surface area contributed by atoms with Crippen molar-refractivity contribution in [2.24, 2.45) is 0 Å². The van der Waals surface area contributed by atoms with E-state index in [1.165, 1.54) is 6.20 Å². The first-order valence-electron chi connectivity index (χ1n) is 2.16. The Morgan fingerprint density at radius 1 is 1.56 bits per heavy atom. The Morgan fingerprint density at radius 2 is 2.33 bits per heavy atom. The fourth-order valence-electron chi connectivity index (χ4n) is 0.376. The molecule has 0 aromatic carbocycles. The lowest BCUT2D eigenvalue weighted by Crippen LogP contribution is -1.85. The maximum Gasteiger partial charge on any atom is 0.170 e. The molecule has 0 fully saturated rings. The van der Waals surface area contributed by atoms with Crippen LogP contribution in [0.5, 0.6) is 0 Å². The zero-order valence-corrected chi connectivity index (χ0v) is 4.61. The van der Waals surface area contributed by atoms with Gasteiger partial charge in [-0.3, -0.25) is 4.79 Å². The monoisotopic (exact) mass is 126 g/mol. The summed E-state index contributed by atoms with van der Waals surface area (Å²) in [6.07, 6.45) is 2.18. The summed E-state index contributed by atoms with van der Waals surface area (Å²) >= 11 is 0. The fourth-order valence-corrected chi connectivity index (χ4v) is 0.376. The molecule has 0 saturated heterocycles. The predicted molar refractivity (Wildman–Crippen MR) is 31.0 cm³/mol. The van der Waals surface area contributed by atoms with Gasteiger partial charge in [0.1, 0.15) is 5.69 Å². The van der Waals surface area contributed by atoms with Gasteiger partial charge in [-0.25, -0.2) is 0 Å². The Labute approximate surface area is 51.8 Å². The molecule has 0 bridgehead atoms. The van der Waals surface area contributed by atoms with Crippen LogP contribution in [0.15, 0.2) is 18.3 Å². The zero-order chi connectivity index (χ0) is 5.82. The minimum Gasteiger partial charge on any atom is -0.412 e. The Morgan fingerprint density at radius 3 is 2.67 bits per heavy atom. The lowest BCUT2D eigenvalue weighted by molar-refractivity contribution is 0.111.